The average molecular weight is 331 g/mol. The van der Waals surface area contributed by atoms with Crippen LogP contribution in [0, 0.1) is 24.4 Å². The molecule has 0 aromatic heterocycles. The number of alkyl halides is 2. The van der Waals surface area contributed by atoms with Gasteiger partial charge in [0.1, 0.15) is 0 Å². The number of aryl methyl sites for hydroxylation is 1. The van der Waals surface area contributed by atoms with Gasteiger partial charge in [-0.15, -0.1) is 0 Å². The van der Waals surface area contributed by atoms with Crippen LogP contribution in [0.2, 0.25) is 0 Å². The summed E-state index contributed by atoms with van der Waals surface area (Å²) in [4.78, 5) is 4.95. The molecule has 0 amide bonds. The van der Waals surface area contributed by atoms with Gasteiger partial charge in [-0.3, -0.25) is 4.84 Å². The Morgan fingerprint density at radius 1 is 1.00 bits per heavy atom. The monoisotopic (exact) mass is 331 g/mol. The lowest BCUT2D eigenvalue weighted by Gasteiger charge is -2.32. The minimum Gasteiger partial charge on any atom is -0.268 e. The van der Waals surface area contributed by atoms with E-state index in [1.807, 2.05) is 0 Å². The van der Waals surface area contributed by atoms with Crippen LogP contribution in [0.1, 0.15) is 18.1 Å². The molecule has 0 unspecified atom stereocenters. The molecule has 0 heterocycles. The molecule has 124 valence electrons. The molecule has 0 aliphatic heterocycles. The van der Waals surface area contributed by atoms with E-state index in [1.54, 1.807) is 19.1 Å². The number of anilines is 1. The van der Waals surface area contributed by atoms with Gasteiger partial charge in [0.05, 0.1) is 17.9 Å². The van der Waals surface area contributed by atoms with Crippen LogP contribution in [0.15, 0.2) is 36.4 Å². The van der Waals surface area contributed by atoms with Crippen molar-refractivity contribution < 1.29 is 26.8 Å². The topological polar surface area (TPSA) is 12.5 Å². The van der Waals surface area contributed by atoms with Crippen LogP contribution in [0.3, 0.4) is 0 Å². The second-order valence-corrected chi connectivity index (χ2v) is 4.76. The SMILES string of the molecule is CCON(c1ccccc1C)C(F)(F)c1ccc(F)c(F)c1F. The molecule has 0 aliphatic rings. The van der Waals surface area contributed by atoms with Gasteiger partial charge < -0.3 is 0 Å². The average Bonchev–Trinajstić information content (AvgIpc) is 2.51. The Bertz CT molecular complexity index is 705. The maximum atomic E-state index is 14.7. The van der Waals surface area contributed by atoms with E-state index in [4.69, 9.17) is 4.84 Å². The van der Waals surface area contributed by atoms with Crippen LogP contribution < -0.4 is 5.06 Å². The quantitative estimate of drug-likeness (QED) is 0.334. The second kappa shape index (κ2) is 6.54. The van der Waals surface area contributed by atoms with Gasteiger partial charge in [0.15, 0.2) is 17.5 Å². The van der Waals surface area contributed by atoms with E-state index in [2.05, 4.69) is 0 Å². The Kier molecular flexibility index (Phi) is 4.89. The summed E-state index contributed by atoms with van der Waals surface area (Å²) in [6.45, 7) is 2.91. The van der Waals surface area contributed by atoms with Crippen molar-refractivity contribution in [2.24, 2.45) is 0 Å². The summed E-state index contributed by atoms with van der Waals surface area (Å²) in [6, 6.07) is 2.98. The lowest BCUT2D eigenvalue weighted by Crippen LogP contribution is -2.41. The van der Waals surface area contributed by atoms with E-state index < -0.39 is 29.1 Å². The maximum absolute atomic E-state index is 14.7. The molecular weight excluding hydrogens is 317 g/mol. The van der Waals surface area contributed by atoms with Crippen molar-refractivity contribution in [3.05, 3.63) is 65.0 Å². The highest BCUT2D eigenvalue weighted by molar-refractivity contribution is 5.53. The van der Waals surface area contributed by atoms with E-state index in [-0.39, 0.29) is 17.4 Å². The van der Waals surface area contributed by atoms with Gasteiger partial charge in [0.25, 0.3) is 0 Å². The zero-order chi connectivity index (χ0) is 17.2. The van der Waals surface area contributed by atoms with Crippen LogP contribution >= 0.6 is 0 Å². The van der Waals surface area contributed by atoms with E-state index in [0.717, 1.165) is 0 Å². The first kappa shape index (κ1) is 17.2. The number of nitrogens with zero attached hydrogens (tertiary/aromatic N) is 1. The summed E-state index contributed by atoms with van der Waals surface area (Å²) in [5.74, 6) is -5.45. The van der Waals surface area contributed by atoms with Crippen LogP contribution in [0.5, 0.6) is 0 Å². The predicted octanol–water partition coefficient (Wildman–Crippen LogP) is 4.92. The molecule has 0 atom stereocenters. The third-order valence-electron chi connectivity index (χ3n) is 3.21. The lowest BCUT2D eigenvalue weighted by atomic mass is 10.1. The first-order valence-electron chi connectivity index (χ1n) is 6.81. The van der Waals surface area contributed by atoms with Crippen molar-refractivity contribution >= 4 is 5.69 Å². The number of hydrogen-bond donors (Lipinski definition) is 0. The van der Waals surface area contributed by atoms with Crippen LogP contribution in [-0.2, 0) is 10.9 Å². The molecule has 0 N–H and O–H groups in total. The molecule has 0 saturated heterocycles. The fourth-order valence-electron chi connectivity index (χ4n) is 2.09. The number of para-hydroxylation sites is 1. The molecule has 0 aliphatic carbocycles. The largest absolute Gasteiger partial charge is 0.377 e. The molecule has 0 bridgehead atoms. The van der Waals surface area contributed by atoms with Gasteiger partial charge in [-0.2, -0.15) is 13.8 Å². The molecule has 0 fully saturated rings. The first-order valence-corrected chi connectivity index (χ1v) is 6.81. The number of halogens is 5. The van der Waals surface area contributed by atoms with Crippen molar-refractivity contribution in [3.8, 4) is 0 Å². The Morgan fingerprint density at radius 2 is 1.65 bits per heavy atom. The Morgan fingerprint density at radius 3 is 2.26 bits per heavy atom. The third-order valence-corrected chi connectivity index (χ3v) is 3.21. The van der Waals surface area contributed by atoms with Gasteiger partial charge in [-0.1, -0.05) is 18.2 Å². The zero-order valence-corrected chi connectivity index (χ0v) is 12.4. The summed E-state index contributed by atoms with van der Waals surface area (Å²) in [5.41, 5.74) is -0.875. The van der Waals surface area contributed by atoms with E-state index in [9.17, 15) is 22.0 Å². The maximum Gasteiger partial charge on any atom is 0.377 e. The molecule has 7 heteroatoms. The molecular formula is C16H14F5NO. The summed E-state index contributed by atoms with van der Waals surface area (Å²) >= 11 is 0. The highest BCUT2D eigenvalue weighted by Crippen LogP contribution is 2.39. The number of rotatable bonds is 5. The van der Waals surface area contributed by atoms with Gasteiger partial charge >= 0.3 is 6.05 Å². The Balaban J connectivity index is 2.58. The van der Waals surface area contributed by atoms with Crippen LogP contribution in [0.25, 0.3) is 0 Å². The van der Waals surface area contributed by atoms with Crippen molar-refractivity contribution in [2.45, 2.75) is 19.9 Å². The Labute approximate surface area is 130 Å². The second-order valence-electron chi connectivity index (χ2n) is 4.76. The zero-order valence-electron chi connectivity index (χ0n) is 12.4. The van der Waals surface area contributed by atoms with Gasteiger partial charge in [-0.25, -0.2) is 13.2 Å². The number of benzene rings is 2. The van der Waals surface area contributed by atoms with Crippen molar-refractivity contribution in [1.82, 2.24) is 0 Å². The van der Waals surface area contributed by atoms with Crippen LogP contribution in [-0.4, -0.2) is 6.61 Å². The summed E-state index contributed by atoms with van der Waals surface area (Å²) in [7, 11) is 0. The van der Waals surface area contributed by atoms with Crippen molar-refractivity contribution in [2.75, 3.05) is 11.7 Å². The molecule has 23 heavy (non-hydrogen) atoms. The molecule has 2 aromatic rings. The van der Waals surface area contributed by atoms with E-state index >= 15 is 0 Å². The molecule has 2 rings (SSSR count). The van der Waals surface area contributed by atoms with Gasteiger partial charge in [0.2, 0.25) is 0 Å². The minimum absolute atomic E-state index is 0.0107. The normalized spacial score (nSPS) is 11.6. The first-order chi connectivity index (χ1) is 10.8. The van der Waals surface area contributed by atoms with Gasteiger partial charge in [0, 0.05) is 0 Å². The smallest absolute Gasteiger partial charge is 0.268 e. The predicted molar refractivity (Wildman–Crippen MR) is 75.5 cm³/mol. The van der Waals surface area contributed by atoms with Crippen LogP contribution in [0.4, 0.5) is 27.6 Å². The molecule has 2 aromatic carbocycles. The lowest BCUT2D eigenvalue weighted by molar-refractivity contribution is -0.107. The highest BCUT2D eigenvalue weighted by atomic mass is 19.3. The molecule has 0 spiro atoms. The number of hydroxylamine groups is 1. The minimum atomic E-state index is -4.04. The number of hydrogen-bond acceptors (Lipinski definition) is 2. The molecule has 2 nitrogen and oxygen atoms in total. The fourth-order valence-corrected chi connectivity index (χ4v) is 2.09. The molecule has 0 radical (unpaired) electrons. The summed E-state index contributed by atoms with van der Waals surface area (Å²) in [5, 5.41) is 0.206. The molecule has 0 saturated carbocycles. The van der Waals surface area contributed by atoms with Crippen molar-refractivity contribution in [1.29, 1.82) is 0 Å². The summed E-state index contributed by atoms with van der Waals surface area (Å²) in [6.07, 6.45) is 0. The van der Waals surface area contributed by atoms with Gasteiger partial charge in [-0.05, 0) is 37.6 Å². The standard InChI is InChI=1S/C16H14F5NO/c1-3-23-22(13-7-5-4-6-10(13)2)16(20,21)11-8-9-12(17)15(19)14(11)18/h4-9H,3H2,1-2H3. The fraction of sp³-hybridized carbons (Fsp3) is 0.250. The van der Waals surface area contributed by atoms with E-state index in [0.29, 0.717) is 17.7 Å². The Hall–Kier alpha value is -2.15. The summed E-state index contributed by atoms with van der Waals surface area (Å²) < 4.78 is 69.5. The van der Waals surface area contributed by atoms with E-state index in [1.165, 1.54) is 19.1 Å². The third kappa shape index (κ3) is 3.14. The van der Waals surface area contributed by atoms with Crippen molar-refractivity contribution in [3.63, 3.8) is 0 Å². The highest BCUT2D eigenvalue weighted by Gasteiger charge is 2.44.